The highest BCUT2D eigenvalue weighted by molar-refractivity contribution is 5.70. The van der Waals surface area contributed by atoms with Gasteiger partial charge >= 0.3 is 11.9 Å². The number of likely N-dealkylation sites (N-methyl/N-ethyl adjacent to an activating group) is 1. The molecule has 0 amide bonds. The Kier molecular flexibility index (Phi) is 46.4. The molecule has 0 aromatic heterocycles. The number of hydrogen-bond acceptors (Lipinski definition) is 7. The van der Waals surface area contributed by atoms with E-state index in [4.69, 9.17) is 14.2 Å². The average molecular weight is 936 g/mol. The molecule has 67 heavy (non-hydrogen) atoms. The van der Waals surface area contributed by atoms with E-state index in [-0.39, 0.29) is 49.1 Å². The van der Waals surface area contributed by atoms with Gasteiger partial charge in [0.05, 0.1) is 40.3 Å². The summed E-state index contributed by atoms with van der Waals surface area (Å²) in [6.07, 6.45) is 64.9. The van der Waals surface area contributed by atoms with Crippen molar-refractivity contribution in [2.75, 3.05) is 41.0 Å². The second-order valence-corrected chi connectivity index (χ2v) is 19.1. The molecule has 0 saturated carbocycles. The van der Waals surface area contributed by atoms with E-state index in [2.05, 4.69) is 98.9 Å². The van der Waals surface area contributed by atoms with Crippen LogP contribution in [0.2, 0.25) is 0 Å². The summed E-state index contributed by atoms with van der Waals surface area (Å²) < 4.78 is 17.2. The Morgan fingerprint density at radius 2 is 0.851 bits per heavy atom. The summed E-state index contributed by atoms with van der Waals surface area (Å²) in [4.78, 5) is 37.1. The molecule has 2 atom stereocenters. The molecule has 0 aliphatic heterocycles. The van der Waals surface area contributed by atoms with Crippen molar-refractivity contribution in [3.63, 3.8) is 0 Å². The quantitative estimate of drug-likeness (QED) is 0.0259. The van der Waals surface area contributed by atoms with Gasteiger partial charge in [-0.05, 0) is 83.5 Å². The summed E-state index contributed by atoms with van der Waals surface area (Å²) in [7, 11) is 5.39. The number of aliphatic carboxylic acids is 1. The van der Waals surface area contributed by atoms with Crippen LogP contribution in [0, 0.1) is 0 Å². The van der Waals surface area contributed by atoms with Gasteiger partial charge in [0.25, 0.3) is 0 Å². The second-order valence-electron chi connectivity index (χ2n) is 19.1. The zero-order chi connectivity index (χ0) is 49.2. The molecule has 0 fully saturated rings. The minimum atomic E-state index is -1.13. The molecule has 0 aliphatic rings. The third-order valence-corrected chi connectivity index (χ3v) is 11.8. The van der Waals surface area contributed by atoms with E-state index < -0.39 is 18.1 Å². The first-order valence-electron chi connectivity index (χ1n) is 27.1. The van der Waals surface area contributed by atoms with E-state index in [9.17, 15) is 19.5 Å². The summed E-state index contributed by atoms with van der Waals surface area (Å²) in [6, 6.07) is -0.740. The van der Waals surface area contributed by atoms with Crippen LogP contribution in [-0.4, -0.2) is 75.5 Å². The molecule has 0 spiro atoms. The maximum absolute atomic E-state index is 12.8. The largest absolute Gasteiger partial charge is 0.544 e. The maximum atomic E-state index is 12.8. The minimum Gasteiger partial charge on any atom is -0.544 e. The molecule has 0 N–H and O–H groups in total. The number of ether oxygens (including phenoxy) is 3. The number of allylic oxidation sites excluding steroid dienone is 14. The van der Waals surface area contributed by atoms with Crippen LogP contribution in [-0.2, 0) is 28.6 Å². The van der Waals surface area contributed by atoms with Crippen LogP contribution >= 0.6 is 0 Å². The van der Waals surface area contributed by atoms with Crippen molar-refractivity contribution < 1.29 is 38.2 Å². The van der Waals surface area contributed by atoms with Crippen molar-refractivity contribution in [2.24, 2.45) is 0 Å². The van der Waals surface area contributed by atoms with E-state index in [0.717, 1.165) is 64.2 Å². The highest BCUT2D eigenvalue weighted by Gasteiger charge is 2.25. The van der Waals surface area contributed by atoms with Gasteiger partial charge in [-0.25, -0.2) is 0 Å². The third-order valence-electron chi connectivity index (χ3n) is 11.8. The predicted molar refractivity (Wildman–Crippen MR) is 282 cm³/mol. The lowest BCUT2D eigenvalue weighted by atomic mass is 10.0. The van der Waals surface area contributed by atoms with Gasteiger partial charge in [-0.15, -0.1) is 0 Å². The number of esters is 2. The van der Waals surface area contributed by atoms with Gasteiger partial charge in [0.1, 0.15) is 12.6 Å². The van der Waals surface area contributed by atoms with Crippen molar-refractivity contribution in [3.05, 3.63) is 85.1 Å². The summed E-state index contributed by atoms with van der Waals surface area (Å²) >= 11 is 0. The summed E-state index contributed by atoms with van der Waals surface area (Å²) in [5, 5.41) is 11.7. The molecule has 0 aromatic rings. The standard InChI is InChI=1S/C59H101NO7/c1-6-8-10-12-14-16-18-20-22-24-26-28-29-30-32-34-36-38-40-42-44-46-48-50-58(62)67-55(53-65-52-51-56(59(63)64)60(3,4)5)54-66-57(61)49-47-45-43-41-39-37-35-33-31-27-25-23-21-19-17-15-13-11-9-7-2/h9,11,15,17,21,23,27,30-32,35,37,41,43,55-56H,6-8,10,12-14,16,18-20,22,24-26,28-29,33-34,36,38-40,42,44-54H2,1-5H3/b11-9+,17-15+,23-21+,31-27+,32-30+,37-35+,43-41+. The van der Waals surface area contributed by atoms with E-state index >= 15 is 0 Å². The minimum absolute atomic E-state index is 0.0169. The van der Waals surface area contributed by atoms with Gasteiger partial charge < -0.3 is 28.6 Å². The molecule has 2 unspecified atom stereocenters. The fourth-order valence-corrected chi connectivity index (χ4v) is 7.61. The SMILES string of the molecule is CC/C=C/C/C=C/C/C=C/C/C=C/C/C=C/C/C=C/CCCC(=O)OCC(COCCC(C(=O)[O-])[N+](C)(C)C)OC(=O)CCCCCCCCC/C=C/CCCCCCCCCCCCCC. The van der Waals surface area contributed by atoms with Gasteiger partial charge in [0.2, 0.25) is 0 Å². The first kappa shape index (κ1) is 63.5. The van der Waals surface area contributed by atoms with E-state index in [0.29, 0.717) is 12.8 Å². The molecule has 8 heteroatoms. The Morgan fingerprint density at radius 1 is 0.463 bits per heavy atom. The monoisotopic (exact) mass is 936 g/mol. The fraction of sp³-hybridized carbons (Fsp3) is 0.712. The number of unbranched alkanes of at least 4 members (excludes halogenated alkanes) is 20. The zero-order valence-electron chi connectivity index (χ0n) is 43.8. The Balaban J connectivity index is 4.31. The van der Waals surface area contributed by atoms with Gasteiger partial charge in [-0.1, -0.05) is 202 Å². The molecule has 0 heterocycles. The van der Waals surface area contributed by atoms with Crippen molar-refractivity contribution in [1.29, 1.82) is 0 Å². The molecule has 0 bridgehead atoms. The third kappa shape index (κ3) is 47.4. The summed E-state index contributed by atoms with van der Waals surface area (Å²) in [5.41, 5.74) is 0. The highest BCUT2D eigenvalue weighted by Crippen LogP contribution is 2.15. The zero-order valence-corrected chi connectivity index (χ0v) is 43.8. The molecule has 0 saturated heterocycles. The number of carbonyl (C=O) groups excluding carboxylic acids is 3. The van der Waals surface area contributed by atoms with Crippen molar-refractivity contribution in [2.45, 2.75) is 231 Å². The Hall–Kier alpha value is -3.49. The van der Waals surface area contributed by atoms with E-state index in [1.165, 1.54) is 116 Å². The van der Waals surface area contributed by atoms with Crippen LogP contribution in [0.3, 0.4) is 0 Å². The van der Waals surface area contributed by atoms with Crippen molar-refractivity contribution in [1.82, 2.24) is 0 Å². The number of carboxylic acid groups (broad SMARTS) is 1. The van der Waals surface area contributed by atoms with Crippen molar-refractivity contribution in [3.8, 4) is 0 Å². The number of carboxylic acids is 1. The van der Waals surface area contributed by atoms with Gasteiger partial charge in [-0.2, -0.15) is 0 Å². The van der Waals surface area contributed by atoms with Crippen LogP contribution in [0.15, 0.2) is 85.1 Å². The molecular formula is C59H101NO7. The highest BCUT2D eigenvalue weighted by atomic mass is 16.6. The number of nitrogens with zero attached hydrogens (tertiary/aromatic N) is 1. The first-order valence-corrected chi connectivity index (χ1v) is 27.1. The van der Waals surface area contributed by atoms with Gasteiger partial charge in [0, 0.05) is 19.3 Å². The number of rotatable bonds is 48. The van der Waals surface area contributed by atoms with Gasteiger partial charge in [0.15, 0.2) is 6.10 Å². The first-order chi connectivity index (χ1) is 32.6. The van der Waals surface area contributed by atoms with Crippen molar-refractivity contribution >= 4 is 17.9 Å². The second kappa shape index (κ2) is 48.9. The lowest BCUT2D eigenvalue weighted by Gasteiger charge is -2.34. The molecule has 0 radical (unpaired) electrons. The predicted octanol–water partition coefficient (Wildman–Crippen LogP) is 14.7. The number of carbonyl (C=O) groups is 3. The average Bonchev–Trinajstić information content (AvgIpc) is 3.29. The Labute approximate surface area is 412 Å². The van der Waals surface area contributed by atoms with Crippen LogP contribution in [0.25, 0.3) is 0 Å². The summed E-state index contributed by atoms with van der Waals surface area (Å²) in [5.74, 6) is -1.82. The molecule has 0 rings (SSSR count). The molecule has 8 nitrogen and oxygen atoms in total. The molecule has 0 aliphatic carbocycles. The van der Waals surface area contributed by atoms with Crippen LogP contribution < -0.4 is 5.11 Å². The number of hydrogen-bond donors (Lipinski definition) is 0. The lowest BCUT2D eigenvalue weighted by Crippen LogP contribution is -2.55. The maximum Gasteiger partial charge on any atom is 0.306 e. The lowest BCUT2D eigenvalue weighted by molar-refractivity contribution is -0.889. The Bertz CT molecular complexity index is 1370. The Morgan fingerprint density at radius 3 is 1.30 bits per heavy atom. The molecule has 384 valence electrons. The van der Waals surface area contributed by atoms with Crippen LogP contribution in [0.4, 0.5) is 0 Å². The topological polar surface area (TPSA) is 102 Å². The number of quaternary nitrogens is 1. The molecular weight excluding hydrogens is 835 g/mol. The fourth-order valence-electron chi connectivity index (χ4n) is 7.61. The normalized spacial score (nSPS) is 13.5. The van der Waals surface area contributed by atoms with E-state index in [1.807, 2.05) is 0 Å². The summed E-state index contributed by atoms with van der Waals surface area (Å²) in [6.45, 7) is 4.50. The van der Waals surface area contributed by atoms with E-state index in [1.54, 1.807) is 21.1 Å². The smallest absolute Gasteiger partial charge is 0.306 e. The molecule has 0 aromatic carbocycles. The van der Waals surface area contributed by atoms with Crippen LogP contribution in [0.1, 0.15) is 219 Å². The van der Waals surface area contributed by atoms with Gasteiger partial charge in [-0.3, -0.25) is 9.59 Å². The van der Waals surface area contributed by atoms with Crippen LogP contribution in [0.5, 0.6) is 0 Å².